The van der Waals surface area contributed by atoms with Crippen LogP contribution in [0.1, 0.15) is 5.56 Å². The zero-order valence-electron chi connectivity index (χ0n) is 11.2. The van der Waals surface area contributed by atoms with E-state index in [-0.39, 0.29) is 5.91 Å². The van der Waals surface area contributed by atoms with Gasteiger partial charge in [0.2, 0.25) is 5.91 Å². The first-order valence-electron chi connectivity index (χ1n) is 6.17. The van der Waals surface area contributed by atoms with Gasteiger partial charge in [0.1, 0.15) is 6.07 Å². The second-order valence-corrected chi connectivity index (χ2v) is 4.28. The summed E-state index contributed by atoms with van der Waals surface area (Å²) in [7, 11) is 1.63. The van der Waals surface area contributed by atoms with E-state index in [0.29, 0.717) is 11.3 Å². The van der Waals surface area contributed by atoms with Crippen LogP contribution in [-0.4, -0.2) is 13.0 Å². The molecule has 0 N–H and O–H groups in total. The summed E-state index contributed by atoms with van der Waals surface area (Å²) < 4.78 is 0. The summed E-state index contributed by atoms with van der Waals surface area (Å²) in [6.45, 7) is 3.47. The highest BCUT2D eigenvalue weighted by Gasteiger charge is 2.15. The lowest BCUT2D eigenvalue weighted by Crippen LogP contribution is -2.24. The number of benzene rings is 2. The Bertz CT molecular complexity index is 684. The highest BCUT2D eigenvalue weighted by Crippen LogP contribution is 2.30. The largest absolute Gasteiger partial charge is 0.311 e. The van der Waals surface area contributed by atoms with E-state index in [2.05, 4.69) is 12.6 Å². The molecule has 1 amide bonds. The van der Waals surface area contributed by atoms with Crippen LogP contribution < -0.4 is 4.90 Å². The molecule has 0 aliphatic carbocycles. The second-order valence-electron chi connectivity index (χ2n) is 4.28. The molecule has 0 heterocycles. The zero-order chi connectivity index (χ0) is 14.5. The van der Waals surface area contributed by atoms with Gasteiger partial charge in [-0.25, -0.2) is 0 Å². The van der Waals surface area contributed by atoms with Crippen molar-refractivity contribution in [2.24, 2.45) is 0 Å². The molecule has 2 aromatic rings. The fraction of sp³-hybridized carbons (Fsp3) is 0.0588. The van der Waals surface area contributed by atoms with Crippen LogP contribution in [0.3, 0.4) is 0 Å². The van der Waals surface area contributed by atoms with Gasteiger partial charge in [-0.15, -0.1) is 0 Å². The molecule has 0 aliphatic heterocycles. The molecule has 0 aromatic heterocycles. The average molecular weight is 262 g/mol. The highest BCUT2D eigenvalue weighted by atomic mass is 16.2. The predicted octanol–water partition coefficient (Wildman–Crippen LogP) is 3.37. The van der Waals surface area contributed by atoms with Gasteiger partial charge in [0, 0.05) is 12.6 Å². The quantitative estimate of drug-likeness (QED) is 0.796. The van der Waals surface area contributed by atoms with E-state index in [1.165, 1.54) is 11.0 Å². The minimum Gasteiger partial charge on any atom is -0.311 e. The lowest BCUT2D eigenvalue weighted by atomic mass is 9.98. The van der Waals surface area contributed by atoms with E-state index in [0.717, 1.165) is 11.1 Å². The third-order valence-electron chi connectivity index (χ3n) is 3.11. The van der Waals surface area contributed by atoms with Crippen molar-refractivity contribution in [3.63, 3.8) is 0 Å². The summed E-state index contributed by atoms with van der Waals surface area (Å²) >= 11 is 0. The molecule has 0 bridgehead atoms. The van der Waals surface area contributed by atoms with E-state index in [1.54, 1.807) is 13.1 Å². The van der Waals surface area contributed by atoms with Crippen molar-refractivity contribution in [1.29, 1.82) is 5.26 Å². The van der Waals surface area contributed by atoms with Gasteiger partial charge in [-0.1, -0.05) is 49.0 Å². The van der Waals surface area contributed by atoms with Gasteiger partial charge in [-0.2, -0.15) is 5.26 Å². The number of carbonyl (C=O) groups is 1. The smallest absolute Gasteiger partial charge is 0.250 e. The molecular weight excluding hydrogens is 248 g/mol. The number of hydrogen-bond donors (Lipinski definition) is 0. The summed E-state index contributed by atoms with van der Waals surface area (Å²) in [5, 5.41) is 9.45. The number of likely N-dealkylation sites (N-methyl/N-ethyl adjacent to an activating group) is 1. The van der Waals surface area contributed by atoms with Gasteiger partial charge in [-0.3, -0.25) is 4.79 Å². The van der Waals surface area contributed by atoms with Gasteiger partial charge >= 0.3 is 0 Å². The van der Waals surface area contributed by atoms with Crippen LogP contribution >= 0.6 is 0 Å². The predicted molar refractivity (Wildman–Crippen MR) is 80.2 cm³/mol. The van der Waals surface area contributed by atoms with Crippen molar-refractivity contribution in [2.75, 3.05) is 11.9 Å². The Morgan fingerprint density at radius 2 is 1.90 bits per heavy atom. The molecule has 3 heteroatoms. The normalized spacial score (nSPS) is 9.60. The second kappa shape index (κ2) is 5.85. The number of rotatable bonds is 3. The zero-order valence-corrected chi connectivity index (χ0v) is 11.2. The molecule has 0 spiro atoms. The molecule has 0 saturated carbocycles. The highest BCUT2D eigenvalue weighted by molar-refractivity contribution is 6.02. The first-order chi connectivity index (χ1) is 9.69. The van der Waals surface area contributed by atoms with Crippen molar-refractivity contribution in [1.82, 2.24) is 0 Å². The maximum Gasteiger partial charge on any atom is 0.250 e. The van der Waals surface area contributed by atoms with E-state index in [9.17, 15) is 10.1 Å². The third-order valence-corrected chi connectivity index (χ3v) is 3.11. The van der Waals surface area contributed by atoms with Crippen molar-refractivity contribution in [3.8, 4) is 17.2 Å². The topological polar surface area (TPSA) is 44.1 Å². The van der Waals surface area contributed by atoms with Gasteiger partial charge in [0.05, 0.1) is 11.3 Å². The van der Waals surface area contributed by atoms with Crippen molar-refractivity contribution < 1.29 is 4.79 Å². The van der Waals surface area contributed by atoms with E-state index in [4.69, 9.17) is 0 Å². The van der Waals surface area contributed by atoms with Crippen LogP contribution in [0.5, 0.6) is 0 Å². The van der Waals surface area contributed by atoms with Gasteiger partial charge < -0.3 is 4.90 Å². The average Bonchev–Trinajstić information content (AvgIpc) is 2.53. The SMILES string of the molecule is C=CC(=O)N(C)c1cccc(-c2ccccc2)c1C#N. The molecule has 0 aliphatic rings. The number of nitrogens with zero attached hydrogens (tertiary/aromatic N) is 2. The maximum atomic E-state index is 11.7. The monoisotopic (exact) mass is 262 g/mol. The molecule has 0 fully saturated rings. The standard InChI is InChI=1S/C17H14N2O/c1-3-17(20)19(2)16-11-7-10-14(15(16)12-18)13-8-5-4-6-9-13/h3-11H,1H2,2H3. The summed E-state index contributed by atoms with van der Waals surface area (Å²) in [4.78, 5) is 13.2. The lowest BCUT2D eigenvalue weighted by molar-refractivity contribution is -0.113. The summed E-state index contributed by atoms with van der Waals surface area (Å²) in [5.74, 6) is -0.244. The first kappa shape index (κ1) is 13.6. The molecule has 2 aromatic carbocycles. The molecule has 0 radical (unpaired) electrons. The minimum atomic E-state index is -0.244. The van der Waals surface area contributed by atoms with Gasteiger partial charge in [-0.05, 0) is 17.7 Å². The molecule has 98 valence electrons. The molecule has 0 unspecified atom stereocenters. The van der Waals surface area contributed by atoms with Crippen LogP contribution in [0.15, 0.2) is 61.2 Å². The van der Waals surface area contributed by atoms with E-state index in [1.807, 2.05) is 42.5 Å². The van der Waals surface area contributed by atoms with Crippen LogP contribution in [0.25, 0.3) is 11.1 Å². The number of carbonyl (C=O) groups excluding carboxylic acids is 1. The van der Waals surface area contributed by atoms with Gasteiger partial charge in [0.25, 0.3) is 0 Å². The fourth-order valence-corrected chi connectivity index (χ4v) is 2.05. The summed E-state index contributed by atoms with van der Waals surface area (Å²) in [5.41, 5.74) is 2.83. The summed E-state index contributed by atoms with van der Waals surface area (Å²) in [6, 6.07) is 17.3. The Balaban J connectivity index is 2.60. The Hall–Kier alpha value is -2.86. The maximum absolute atomic E-state index is 11.7. The lowest BCUT2D eigenvalue weighted by Gasteiger charge is -2.18. The summed E-state index contributed by atoms with van der Waals surface area (Å²) in [6.07, 6.45) is 1.23. The van der Waals surface area contributed by atoms with Crippen molar-refractivity contribution >= 4 is 11.6 Å². The van der Waals surface area contributed by atoms with E-state index < -0.39 is 0 Å². The molecular formula is C17H14N2O. The van der Waals surface area contributed by atoms with Gasteiger partial charge in [0.15, 0.2) is 0 Å². The Kier molecular flexibility index (Phi) is 3.97. The molecule has 0 saturated heterocycles. The van der Waals surface area contributed by atoms with Crippen molar-refractivity contribution in [3.05, 3.63) is 66.7 Å². The number of nitriles is 1. The molecule has 3 nitrogen and oxygen atoms in total. The fourth-order valence-electron chi connectivity index (χ4n) is 2.05. The van der Waals surface area contributed by atoms with Crippen LogP contribution in [-0.2, 0) is 4.79 Å². The van der Waals surface area contributed by atoms with Crippen molar-refractivity contribution in [2.45, 2.75) is 0 Å². The molecule has 20 heavy (non-hydrogen) atoms. The first-order valence-corrected chi connectivity index (χ1v) is 6.17. The number of hydrogen-bond acceptors (Lipinski definition) is 2. The van der Waals surface area contributed by atoms with Crippen LogP contribution in [0, 0.1) is 11.3 Å². The third kappa shape index (κ3) is 2.45. The van der Waals surface area contributed by atoms with Crippen LogP contribution in [0.2, 0.25) is 0 Å². The minimum absolute atomic E-state index is 0.244. The van der Waals surface area contributed by atoms with Crippen LogP contribution in [0.4, 0.5) is 5.69 Å². The molecule has 0 atom stereocenters. The number of amides is 1. The Morgan fingerprint density at radius 3 is 2.50 bits per heavy atom. The Labute approximate surface area is 118 Å². The van der Waals surface area contributed by atoms with E-state index >= 15 is 0 Å². The molecule has 2 rings (SSSR count). The number of anilines is 1. The Morgan fingerprint density at radius 1 is 1.20 bits per heavy atom.